The zero-order chi connectivity index (χ0) is 9.64. The lowest BCUT2D eigenvalue weighted by Gasteiger charge is -2.29. The van der Waals surface area contributed by atoms with Crippen LogP contribution in [0.1, 0.15) is 13.8 Å². The lowest BCUT2D eigenvalue weighted by molar-refractivity contribution is -0.133. The summed E-state index contributed by atoms with van der Waals surface area (Å²) in [5, 5.41) is 13.0. The Bertz CT molecular complexity index is 368. The largest absolute Gasteiger partial charge is 0.271 e. The van der Waals surface area contributed by atoms with Crippen molar-refractivity contribution in [1.29, 1.82) is 0 Å². The molecule has 0 N–H and O–H groups in total. The maximum atomic E-state index is 11.8. The molecule has 2 rings (SSSR count). The molecule has 0 aliphatic carbocycles. The van der Waals surface area contributed by atoms with Gasteiger partial charge in [-0.2, -0.15) is 15.3 Å². The van der Waals surface area contributed by atoms with Crippen LogP contribution >= 0.6 is 0 Å². The molecule has 68 valence electrons. The van der Waals surface area contributed by atoms with E-state index in [0.29, 0.717) is 5.71 Å². The summed E-state index contributed by atoms with van der Waals surface area (Å²) >= 11 is 0. The van der Waals surface area contributed by atoms with Gasteiger partial charge in [0.1, 0.15) is 11.1 Å². The van der Waals surface area contributed by atoms with Crippen LogP contribution in [0.25, 0.3) is 0 Å². The molecule has 13 heavy (non-hydrogen) atoms. The molecule has 2 heterocycles. The lowest BCUT2D eigenvalue weighted by atomic mass is 9.80. The third kappa shape index (κ3) is 0.811. The summed E-state index contributed by atoms with van der Waals surface area (Å²) in [5.41, 5.74) is 0.676. The SMILES string of the molecule is CC1=NN=C2C=NN(C)C(=O)C12C. The van der Waals surface area contributed by atoms with Gasteiger partial charge in [-0.1, -0.05) is 0 Å². The van der Waals surface area contributed by atoms with E-state index in [1.54, 1.807) is 20.2 Å². The minimum absolute atomic E-state index is 0.0764. The van der Waals surface area contributed by atoms with Crippen molar-refractivity contribution in [3.63, 3.8) is 0 Å². The molecule has 2 aliphatic rings. The Morgan fingerprint density at radius 2 is 2.15 bits per heavy atom. The maximum Gasteiger partial charge on any atom is 0.260 e. The first-order valence-electron chi connectivity index (χ1n) is 4.02. The maximum absolute atomic E-state index is 11.8. The van der Waals surface area contributed by atoms with Crippen LogP contribution < -0.4 is 0 Å². The van der Waals surface area contributed by atoms with Crippen molar-refractivity contribution < 1.29 is 4.79 Å². The number of hydrogen-bond acceptors (Lipinski definition) is 4. The minimum atomic E-state index is -0.684. The van der Waals surface area contributed by atoms with E-state index in [2.05, 4.69) is 15.3 Å². The first-order valence-corrected chi connectivity index (χ1v) is 4.02. The Kier molecular flexibility index (Phi) is 1.40. The highest BCUT2D eigenvalue weighted by atomic mass is 16.2. The highest BCUT2D eigenvalue weighted by molar-refractivity contribution is 6.47. The van der Waals surface area contributed by atoms with Crippen molar-refractivity contribution in [3.8, 4) is 0 Å². The molecule has 0 aromatic rings. The number of amides is 1. The third-order valence-electron chi connectivity index (χ3n) is 2.62. The standard InChI is InChI=1S/C8H10N4O/c1-5-8(2)6(11-10-5)4-9-12(3)7(8)13/h4H,1-3H3. The number of rotatable bonds is 0. The van der Waals surface area contributed by atoms with Crippen molar-refractivity contribution in [3.05, 3.63) is 0 Å². The van der Waals surface area contributed by atoms with Gasteiger partial charge in [0, 0.05) is 7.05 Å². The molecular formula is C8H10N4O. The Hall–Kier alpha value is -1.52. The van der Waals surface area contributed by atoms with Crippen molar-refractivity contribution in [2.45, 2.75) is 13.8 Å². The molecule has 0 saturated carbocycles. The summed E-state index contributed by atoms with van der Waals surface area (Å²) < 4.78 is 0. The first kappa shape index (κ1) is 8.10. The highest BCUT2D eigenvalue weighted by Gasteiger charge is 2.48. The predicted octanol–water partition coefficient (Wildman–Crippen LogP) is 0.281. The summed E-state index contributed by atoms with van der Waals surface area (Å²) in [6, 6.07) is 0. The van der Waals surface area contributed by atoms with Gasteiger partial charge < -0.3 is 0 Å². The van der Waals surface area contributed by atoms with E-state index in [1.807, 2.05) is 6.92 Å². The number of fused-ring (bicyclic) bond motifs is 1. The average Bonchev–Trinajstić information content (AvgIpc) is 2.40. The fourth-order valence-electron chi connectivity index (χ4n) is 1.45. The van der Waals surface area contributed by atoms with E-state index in [4.69, 9.17) is 0 Å². The van der Waals surface area contributed by atoms with E-state index in [0.717, 1.165) is 5.71 Å². The summed E-state index contributed by atoms with van der Waals surface area (Å²) in [4.78, 5) is 11.8. The van der Waals surface area contributed by atoms with Crippen LogP contribution in [0, 0.1) is 5.41 Å². The lowest BCUT2D eigenvalue weighted by Crippen LogP contribution is -2.50. The smallest absolute Gasteiger partial charge is 0.260 e. The van der Waals surface area contributed by atoms with Crippen LogP contribution in [0.15, 0.2) is 15.3 Å². The predicted molar refractivity (Wildman–Crippen MR) is 49.9 cm³/mol. The van der Waals surface area contributed by atoms with Gasteiger partial charge in [-0.05, 0) is 13.8 Å². The molecule has 0 aromatic heterocycles. The van der Waals surface area contributed by atoms with Gasteiger partial charge in [0.05, 0.1) is 11.9 Å². The van der Waals surface area contributed by atoms with E-state index in [9.17, 15) is 4.79 Å². The molecule has 1 atom stereocenters. The second-order valence-corrected chi connectivity index (χ2v) is 3.37. The summed E-state index contributed by atoms with van der Waals surface area (Å²) in [5.74, 6) is -0.0764. The van der Waals surface area contributed by atoms with E-state index in [-0.39, 0.29) is 5.91 Å². The molecule has 5 heteroatoms. The zero-order valence-electron chi connectivity index (χ0n) is 7.77. The van der Waals surface area contributed by atoms with Gasteiger partial charge >= 0.3 is 0 Å². The molecule has 0 aromatic carbocycles. The molecular weight excluding hydrogens is 168 g/mol. The van der Waals surface area contributed by atoms with Crippen molar-refractivity contribution >= 4 is 23.5 Å². The number of hydrazone groups is 1. The van der Waals surface area contributed by atoms with Crippen LogP contribution in [0.5, 0.6) is 0 Å². The van der Waals surface area contributed by atoms with Crippen LogP contribution in [0.2, 0.25) is 0 Å². The fraction of sp³-hybridized carbons (Fsp3) is 0.500. The van der Waals surface area contributed by atoms with Gasteiger partial charge in [-0.25, -0.2) is 5.01 Å². The summed E-state index contributed by atoms with van der Waals surface area (Å²) in [7, 11) is 1.63. The summed E-state index contributed by atoms with van der Waals surface area (Å²) in [6.45, 7) is 3.63. The first-order chi connectivity index (χ1) is 6.06. The second kappa shape index (κ2) is 2.25. The zero-order valence-corrected chi connectivity index (χ0v) is 7.77. The molecule has 2 aliphatic heterocycles. The highest BCUT2D eigenvalue weighted by Crippen LogP contribution is 2.30. The van der Waals surface area contributed by atoms with Gasteiger partial charge in [0.2, 0.25) is 0 Å². The van der Waals surface area contributed by atoms with Crippen LogP contribution in [0.3, 0.4) is 0 Å². The molecule has 5 nitrogen and oxygen atoms in total. The van der Waals surface area contributed by atoms with Gasteiger partial charge in [0.25, 0.3) is 5.91 Å². The topological polar surface area (TPSA) is 57.4 Å². The Balaban J connectivity index is 2.56. The number of carbonyl (C=O) groups is 1. The minimum Gasteiger partial charge on any atom is -0.271 e. The van der Waals surface area contributed by atoms with E-state index >= 15 is 0 Å². The van der Waals surface area contributed by atoms with Crippen molar-refractivity contribution in [2.24, 2.45) is 20.7 Å². The van der Waals surface area contributed by atoms with Gasteiger partial charge in [-0.15, -0.1) is 0 Å². The van der Waals surface area contributed by atoms with E-state index < -0.39 is 5.41 Å². The Labute approximate surface area is 75.8 Å². The molecule has 0 saturated heterocycles. The average molecular weight is 178 g/mol. The number of nitrogens with zero attached hydrogens (tertiary/aromatic N) is 4. The Morgan fingerprint density at radius 1 is 1.46 bits per heavy atom. The van der Waals surface area contributed by atoms with Crippen molar-refractivity contribution in [2.75, 3.05) is 7.05 Å². The second-order valence-electron chi connectivity index (χ2n) is 3.37. The number of carbonyl (C=O) groups excluding carboxylic acids is 1. The van der Waals surface area contributed by atoms with Crippen molar-refractivity contribution in [1.82, 2.24) is 5.01 Å². The van der Waals surface area contributed by atoms with E-state index in [1.165, 1.54) is 5.01 Å². The normalized spacial score (nSPS) is 31.6. The third-order valence-corrected chi connectivity index (χ3v) is 2.62. The molecule has 0 spiro atoms. The van der Waals surface area contributed by atoms with Crippen LogP contribution in [-0.2, 0) is 4.79 Å². The quantitative estimate of drug-likeness (QED) is 0.525. The van der Waals surface area contributed by atoms with Gasteiger partial charge in [-0.3, -0.25) is 4.79 Å². The monoisotopic (exact) mass is 178 g/mol. The molecule has 1 unspecified atom stereocenters. The Morgan fingerprint density at radius 3 is 2.85 bits per heavy atom. The summed E-state index contributed by atoms with van der Waals surface area (Å²) in [6.07, 6.45) is 1.58. The molecule has 0 bridgehead atoms. The molecule has 0 radical (unpaired) electrons. The molecule has 1 amide bonds. The fourth-order valence-corrected chi connectivity index (χ4v) is 1.45. The van der Waals surface area contributed by atoms with Crippen LogP contribution in [0.4, 0.5) is 0 Å². The van der Waals surface area contributed by atoms with Gasteiger partial charge in [0.15, 0.2) is 0 Å². The van der Waals surface area contributed by atoms with Crippen LogP contribution in [-0.4, -0.2) is 35.6 Å². The molecule has 0 fully saturated rings. The number of hydrogen-bond donors (Lipinski definition) is 0.